The molecule has 0 saturated carbocycles. The molecule has 0 aliphatic rings. The van der Waals surface area contributed by atoms with Crippen LogP contribution in [0.1, 0.15) is 12.7 Å². The third kappa shape index (κ3) is 3.85. The molecule has 1 amide bonds. The Morgan fingerprint density at radius 3 is 2.80 bits per heavy atom. The number of anilines is 1. The molecular formula is C16H16ClN5O2S. The minimum atomic E-state index is -0.376. The predicted molar refractivity (Wildman–Crippen MR) is 96.6 cm³/mol. The summed E-state index contributed by atoms with van der Waals surface area (Å²) in [5.74, 6) is 1.74. The van der Waals surface area contributed by atoms with Gasteiger partial charge in [-0.3, -0.25) is 4.79 Å². The highest BCUT2D eigenvalue weighted by molar-refractivity contribution is 8.00. The quantitative estimate of drug-likeness (QED) is 0.684. The fourth-order valence-corrected chi connectivity index (χ4v) is 3.08. The van der Waals surface area contributed by atoms with Gasteiger partial charge in [-0.05, 0) is 32.0 Å². The summed E-state index contributed by atoms with van der Waals surface area (Å²) in [6, 6.07) is 5.17. The number of rotatable bonds is 5. The van der Waals surface area contributed by atoms with Crippen molar-refractivity contribution in [2.75, 3.05) is 5.32 Å². The summed E-state index contributed by atoms with van der Waals surface area (Å²) in [6.45, 7) is 3.67. The number of aromatic nitrogens is 4. The number of thioether (sulfide) groups is 1. The molecule has 0 spiro atoms. The number of carbonyl (C=O) groups excluding carboxylic acids is 1. The second-order valence-corrected chi connectivity index (χ2v) is 7.11. The van der Waals surface area contributed by atoms with E-state index < -0.39 is 0 Å². The van der Waals surface area contributed by atoms with Crippen LogP contribution in [0.4, 0.5) is 5.82 Å². The van der Waals surface area contributed by atoms with Gasteiger partial charge in [0, 0.05) is 13.2 Å². The molecule has 0 aromatic carbocycles. The number of amides is 1. The summed E-state index contributed by atoms with van der Waals surface area (Å²) < 4.78 is 7.15. The molecule has 0 aliphatic heterocycles. The van der Waals surface area contributed by atoms with E-state index in [1.807, 2.05) is 24.6 Å². The molecule has 130 valence electrons. The first-order valence-corrected chi connectivity index (χ1v) is 8.74. The molecular weight excluding hydrogens is 362 g/mol. The Morgan fingerprint density at radius 2 is 2.16 bits per heavy atom. The maximum Gasteiger partial charge on any atom is 0.238 e. The van der Waals surface area contributed by atoms with Crippen molar-refractivity contribution in [1.29, 1.82) is 0 Å². The summed E-state index contributed by atoms with van der Waals surface area (Å²) in [4.78, 5) is 16.4. The van der Waals surface area contributed by atoms with Crippen LogP contribution in [0.25, 0.3) is 11.4 Å². The fraction of sp³-hybridized carbons (Fsp3) is 0.250. The first kappa shape index (κ1) is 17.5. The van der Waals surface area contributed by atoms with Crippen molar-refractivity contribution in [3.63, 3.8) is 0 Å². The summed E-state index contributed by atoms with van der Waals surface area (Å²) >= 11 is 7.10. The Balaban J connectivity index is 1.69. The highest BCUT2D eigenvalue weighted by Crippen LogP contribution is 2.28. The van der Waals surface area contributed by atoms with Crippen molar-refractivity contribution in [3.8, 4) is 11.4 Å². The molecule has 0 saturated heterocycles. The van der Waals surface area contributed by atoms with E-state index in [1.54, 1.807) is 25.3 Å². The predicted octanol–water partition coefficient (Wildman–Crippen LogP) is 3.55. The SMILES string of the molecule is Cc1occc1-c1nnc(SC(C)C(=O)Nc2ccc(Cl)cn2)n1C. The molecule has 3 rings (SSSR count). The molecule has 7 nitrogen and oxygen atoms in total. The smallest absolute Gasteiger partial charge is 0.238 e. The van der Waals surface area contributed by atoms with Crippen LogP contribution in [-0.4, -0.2) is 30.9 Å². The Hall–Kier alpha value is -2.32. The van der Waals surface area contributed by atoms with Crippen molar-refractivity contribution < 1.29 is 9.21 Å². The summed E-state index contributed by atoms with van der Waals surface area (Å²) in [7, 11) is 1.86. The standard InChI is InChI=1S/C16H16ClN5O2S/c1-9-12(6-7-24-9)14-20-21-16(22(14)3)25-10(2)15(23)19-13-5-4-11(17)8-18-13/h4-8,10H,1-3H3,(H,18,19,23). The lowest BCUT2D eigenvalue weighted by atomic mass is 10.2. The van der Waals surface area contributed by atoms with E-state index in [0.29, 0.717) is 21.8 Å². The average molecular weight is 378 g/mol. The molecule has 3 aromatic heterocycles. The Bertz CT molecular complexity index is 890. The van der Waals surface area contributed by atoms with E-state index in [0.717, 1.165) is 11.3 Å². The Kier molecular flexibility index (Phi) is 5.10. The molecule has 0 radical (unpaired) electrons. The number of nitrogens with zero attached hydrogens (tertiary/aromatic N) is 4. The fourth-order valence-electron chi connectivity index (χ4n) is 2.16. The van der Waals surface area contributed by atoms with Crippen LogP contribution in [0, 0.1) is 6.92 Å². The number of halogens is 1. The number of hydrogen-bond donors (Lipinski definition) is 1. The first-order chi connectivity index (χ1) is 12.0. The lowest BCUT2D eigenvalue weighted by molar-refractivity contribution is -0.115. The molecule has 0 bridgehead atoms. The van der Waals surface area contributed by atoms with Crippen LogP contribution in [-0.2, 0) is 11.8 Å². The van der Waals surface area contributed by atoms with Crippen molar-refractivity contribution in [2.45, 2.75) is 24.3 Å². The zero-order valence-electron chi connectivity index (χ0n) is 13.9. The van der Waals surface area contributed by atoms with Crippen LogP contribution in [0.3, 0.4) is 0 Å². The van der Waals surface area contributed by atoms with E-state index in [1.165, 1.54) is 18.0 Å². The van der Waals surface area contributed by atoms with Crippen molar-refractivity contribution in [2.24, 2.45) is 7.05 Å². The van der Waals surface area contributed by atoms with Crippen LogP contribution < -0.4 is 5.32 Å². The maximum atomic E-state index is 12.3. The number of furan rings is 1. The van der Waals surface area contributed by atoms with Gasteiger partial charge in [0.25, 0.3) is 0 Å². The normalized spacial score (nSPS) is 12.2. The number of nitrogens with one attached hydrogen (secondary N) is 1. The van der Waals surface area contributed by atoms with E-state index in [9.17, 15) is 4.79 Å². The zero-order valence-corrected chi connectivity index (χ0v) is 15.4. The summed E-state index contributed by atoms with van der Waals surface area (Å²) in [5, 5.41) is 11.9. The molecule has 1 N–H and O–H groups in total. The van der Waals surface area contributed by atoms with Crippen LogP contribution in [0.15, 0.2) is 40.2 Å². The monoisotopic (exact) mass is 377 g/mol. The summed E-state index contributed by atoms with van der Waals surface area (Å²) in [5.41, 5.74) is 0.879. The Labute approximate surface area is 153 Å². The molecule has 1 unspecified atom stereocenters. The van der Waals surface area contributed by atoms with E-state index in [-0.39, 0.29) is 11.2 Å². The molecule has 0 aliphatic carbocycles. The highest BCUT2D eigenvalue weighted by atomic mass is 35.5. The molecule has 1 atom stereocenters. The molecule has 3 aromatic rings. The topological polar surface area (TPSA) is 85.8 Å². The first-order valence-electron chi connectivity index (χ1n) is 7.48. The maximum absolute atomic E-state index is 12.3. The van der Waals surface area contributed by atoms with Gasteiger partial charge in [-0.15, -0.1) is 10.2 Å². The van der Waals surface area contributed by atoms with Gasteiger partial charge in [0.15, 0.2) is 11.0 Å². The van der Waals surface area contributed by atoms with Gasteiger partial charge in [-0.1, -0.05) is 23.4 Å². The van der Waals surface area contributed by atoms with Gasteiger partial charge >= 0.3 is 0 Å². The van der Waals surface area contributed by atoms with Gasteiger partial charge in [-0.25, -0.2) is 4.98 Å². The van der Waals surface area contributed by atoms with Crippen LogP contribution in [0.2, 0.25) is 5.02 Å². The van der Waals surface area contributed by atoms with E-state index in [4.69, 9.17) is 16.0 Å². The number of hydrogen-bond acceptors (Lipinski definition) is 6. The van der Waals surface area contributed by atoms with E-state index >= 15 is 0 Å². The van der Waals surface area contributed by atoms with Crippen LogP contribution in [0.5, 0.6) is 0 Å². The van der Waals surface area contributed by atoms with E-state index in [2.05, 4.69) is 20.5 Å². The molecule has 25 heavy (non-hydrogen) atoms. The summed E-state index contributed by atoms with van der Waals surface area (Å²) in [6.07, 6.45) is 3.10. The molecule has 9 heteroatoms. The van der Waals surface area contributed by atoms with Gasteiger partial charge in [-0.2, -0.15) is 0 Å². The number of pyridine rings is 1. The second kappa shape index (κ2) is 7.28. The van der Waals surface area contributed by atoms with Gasteiger partial charge in [0.2, 0.25) is 5.91 Å². The van der Waals surface area contributed by atoms with Crippen LogP contribution >= 0.6 is 23.4 Å². The van der Waals surface area contributed by atoms with Crippen molar-refractivity contribution in [1.82, 2.24) is 19.7 Å². The Morgan fingerprint density at radius 1 is 1.36 bits per heavy atom. The average Bonchev–Trinajstić information content (AvgIpc) is 3.16. The minimum Gasteiger partial charge on any atom is -0.469 e. The van der Waals surface area contributed by atoms with Crippen molar-refractivity contribution in [3.05, 3.63) is 41.4 Å². The molecule has 0 fully saturated rings. The zero-order chi connectivity index (χ0) is 18.0. The third-order valence-electron chi connectivity index (χ3n) is 3.56. The lowest BCUT2D eigenvalue weighted by Gasteiger charge is -2.11. The number of aryl methyl sites for hydroxylation is 1. The van der Waals surface area contributed by atoms with Gasteiger partial charge in [0.05, 0.1) is 22.1 Å². The highest BCUT2D eigenvalue weighted by Gasteiger charge is 2.20. The largest absolute Gasteiger partial charge is 0.469 e. The lowest BCUT2D eigenvalue weighted by Crippen LogP contribution is -2.23. The second-order valence-electron chi connectivity index (χ2n) is 5.37. The minimum absolute atomic E-state index is 0.177. The number of carbonyl (C=O) groups is 1. The molecule has 3 heterocycles. The third-order valence-corrected chi connectivity index (χ3v) is 4.92. The van der Waals surface area contributed by atoms with Crippen molar-refractivity contribution >= 4 is 35.1 Å². The van der Waals surface area contributed by atoms with Gasteiger partial charge in [0.1, 0.15) is 11.6 Å². The van der Waals surface area contributed by atoms with Gasteiger partial charge < -0.3 is 14.3 Å².